The van der Waals surface area contributed by atoms with Crippen LogP contribution in [-0.4, -0.2) is 221 Å². The molecular weight excluding hydrogens is 1860 g/mol. The second-order valence-corrected chi connectivity index (χ2v) is 34.5. The number of thioether (sulfide) groups is 2. The minimum atomic E-state index is -3.09. The van der Waals surface area contributed by atoms with E-state index >= 15 is 0 Å². The maximum Gasteiger partial charge on any atom is 0.387 e. The summed E-state index contributed by atoms with van der Waals surface area (Å²) in [4.78, 5) is 105. The number of H-pyrrole nitrogens is 1. The summed E-state index contributed by atoms with van der Waals surface area (Å²) in [6.45, 7) is -1.35. The first kappa shape index (κ1) is 108. The number of carboxylic acid groups (broad SMARTS) is 1. The number of carbonyl (C=O) groups excluding carboxylic acids is 7. The van der Waals surface area contributed by atoms with Gasteiger partial charge in [0.25, 0.3) is 24.2 Å². The molecule has 6 aliphatic rings. The minimum absolute atomic E-state index is 0. The van der Waals surface area contributed by atoms with Crippen molar-refractivity contribution in [2.24, 2.45) is 11.8 Å². The van der Waals surface area contributed by atoms with Gasteiger partial charge in [-0.05, 0) is 144 Å². The lowest BCUT2D eigenvalue weighted by Gasteiger charge is -2.26. The Balaban J connectivity index is 0.000000243. The highest BCUT2D eigenvalue weighted by Crippen LogP contribution is 2.42. The second-order valence-electron chi connectivity index (χ2n) is 30.4. The van der Waals surface area contributed by atoms with Crippen molar-refractivity contribution in [2.45, 2.75) is 120 Å². The van der Waals surface area contributed by atoms with Crippen LogP contribution in [0.1, 0.15) is 121 Å². The van der Waals surface area contributed by atoms with Gasteiger partial charge < -0.3 is 87.5 Å². The quantitative estimate of drug-likeness (QED) is 0.0127. The fourth-order valence-electron chi connectivity index (χ4n) is 13.1. The van der Waals surface area contributed by atoms with Crippen molar-refractivity contribution in [1.82, 2.24) is 24.9 Å². The van der Waals surface area contributed by atoms with Gasteiger partial charge in [-0.15, -0.1) is 35.9 Å². The molecule has 40 heteroatoms. The van der Waals surface area contributed by atoms with E-state index in [-0.39, 0.29) is 120 Å². The molecule has 0 spiro atoms. The number of halogens is 9. The number of amides is 4. The molecule has 29 nitrogen and oxygen atoms in total. The number of aliphatic carboxylic acids is 1. The van der Waals surface area contributed by atoms with Crippen molar-refractivity contribution in [3.8, 4) is 28.7 Å². The first-order chi connectivity index (χ1) is 61.3. The maximum absolute atomic E-state index is 13.8. The normalized spacial score (nSPS) is 15.9. The molecule has 710 valence electrons. The molecule has 6 fully saturated rings. The Hall–Kier alpha value is -9.99. The Kier molecular flexibility index (Phi) is 44.2. The molecule has 131 heavy (non-hydrogen) atoms. The van der Waals surface area contributed by atoms with E-state index in [2.05, 4.69) is 19.8 Å². The van der Waals surface area contributed by atoms with Crippen molar-refractivity contribution in [3.05, 3.63) is 245 Å². The number of hydrogen-bond donors (Lipinski definition) is 2. The summed E-state index contributed by atoms with van der Waals surface area (Å²) in [5, 5.41) is 23.0. The summed E-state index contributed by atoms with van der Waals surface area (Å²) in [6.07, 6.45) is 8.57. The number of benzene rings is 6. The van der Waals surface area contributed by atoms with E-state index < -0.39 is 54.1 Å². The van der Waals surface area contributed by atoms with E-state index in [0.29, 0.717) is 160 Å². The van der Waals surface area contributed by atoms with Gasteiger partial charge in [0.1, 0.15) is 38.0 Å². The molecule has 4 N–H and O–H groups in total. The maximum atomic E-state index is 13.8. The van der Waals surface area contributed by atoms with Gasteiger partial charge in [-0.1, -0.05) is 114 Å². The zero-order chi connectivity index (χ0) is 92.1. The van der Waals surface area contributed by atoms with Crippen LogP contribution in [0.2, 0.25) is 20.1 Å². The fourth-order valence-corrected chi connectivity index (χ4v) is 16.2. The van der Waals surface area contributed by atoms with Gasteiger partial charge in [-0.25, -0.2) is 14.6 Å². The highest BCUT2D eigenvalue weighted by atomic mass is 35.5. The Morgan fingerprint density at radius 1 is 0.573 bits per heavy atom. The molecule has 2 aliphatic carbocycles. The van der Waals surface area contributed by atoms with Crippen LogP contribution in [0.4, 0.5) is 17.6 Å². The van der Waals surface area contributed by atoms with Crippen LogP contribution >= 0.6 is 82.3 Å². The summed E-state index contributed by atoms with van der Waals surface area (Å²) in [5.41, 5.74) is 6.81. The Morgan fingerprint density at radius 3 is 1.43 bits per heavy atom. The number of nitrogens with one attached hydrogen (secondary N) is 2. The number of alkyl halides is 4. The van der Waals surface area contributed by atoms with Crippen molar-refractivity contribution in [3.63, 3.8) is 0 Å². The minimum Gasteiger partial charge on any atom is -0.870 e. The first-order valence-corrected chi connectivity index (χ1v) is 44.3. The number of carboxylic acids is 1. The summed E-state index contributed by atoms with van der Waals surface area (Å²) >= 11 is 28.1. The van der Waals surface area contributed by atoms with E-state index in [0.717, 1.165) is 55.0 Å². The van der Waals surface area contributed by atoms with E-state index in [4.69, 9.17) is 94.1 Å². The van der Waals surface area contributed by atoms with Crippen LogP contribution in [0.25, 0.3) is 0 Å². The number of rotatable bonds is 33. The van der Waals surface area contributed by atoms with Crippen LogP contribution in [-0.2, 0) is 90.9 Å². The third-order valence-electron chi connectivity index (χ3n) is 19.9. The molecule has 6 aromatic carbocycles. The number of esters is 2. The lowest BCUT2D eigenvalue weighted by molar-refractivity contribution is -0.605. The van der Waals surface area contributed by atoms with Gasteiger partial charge in [-0.3, -0.25) is 34.1 Å². The largest absolute Gasteiger partial charge is 0.870 e. The average Bonchev–Trinajstić information content (AvgIpc) is 1.79. The van der Waals surface area contributed by atoms with Crippen LogP contribution in [0, 0.1) is 17.0 Å². The molecule has 2 aromatic heterocycles. The van der Waals surface area contributed by atoms with Crippen molar-refractivity contribution in [2.75, 3.05) is 107 Å². The molecule has 0 radical (unpaired) electrons. The number of aromatic amines is 1. The Bertz CT molecular complexity index is 5070. The molecule has 4 amide bonds. The monoisotopic (exact) mass is 1960 g/mol. The highest BCUT2D eigenvalue weighted by Gasteiger charge is 2.39. The predicted octanol–water partition coefficient (Wildman–Crippen LogP) is 14.7. The van der Waals surface area contributed by atoms with Gasteiger partial charge in [-0.2, -0.15) is 22.3 Å². The van der Waals surface area contributed by atoms with Gasteiger partial charge in [0.2, 0.25) is 5.91 Å². The van der Waals surface area contributed by atoms with Crippen LogP contribution in [0.15, 0.2) is 158 Å². The fraction of sp³-hybridized carbons (Fsp3) is 0.407. The van der Waals surface area contributed by atoms with Gasteiger partial charge in [0.05, 0.1) is 52.5 Å². The predicted molar refractivity (Wildman–Crippen MR) is 485 cm³/mol. The van der Waals surface area contributed by atoms with Crippen molar-refractivity contribution < 1.29 is 128 Å². The number of hydrogen-bond acceptors (Lipinski definition) is 24. The molecule has 0 unspecified atom stereocenters. The van der Waals surface area contributed by atoms with Crippen molar-refractivity contribution >= 4 is 130 Å². The highest BCUT2D eigenvalue weighted by molar-refractivity contribution is 8.01. The van der Waals surface area contributed by atoms with E-state index in [1.54, 1.807) is 132 Å². The zero-order valence-corrected chi connectivity index (χ0v) is 77.0. The summed E-state index contributed by atoms with van der Waals surface area (Å²) in [6, 6.07) is 37.1. The SMILES string of the molecule is C.CN(C)C(=O)c1cccc(CC(=O)N2CCS[C@H]2C(=O)O[C@@H](Cc2c(Cl)c[n+]([O-])cc2Cl)c2ccc(OC(F)F)c(OCC3CC3)c2)c1.CN(C)C(=O)c1cccc(CC(=O)O)c1.CN(C)C(=O)c1cccc(CC2OCCO2)c1.Cl.O=C(O[C@@H](Cc1c(Cl)c[nH+]cc1Cl)c1ccc(OC(F)F)c(OCC2CC2)c1)[C@H]1NCCS1.O=COc1cccc(CC2OCCO2)c1.[OH-]. The smallest absolute Gasteiger partial charge is 0.387 e. The standard InChI is InChI=1S/C33H33Cl2F2N3O7S.C22H22Cl2F2N2O4S.C13H17NO3.C11H13NO3.C11H12O4.CH4.ClH.H2O/c1-38(2)30(42)22-5-3-4-20(12-22)13-29(41)40-10-11-48-31(40)32(43)46-27(15-23-24(34)16-39(44)17-25(23)35)21-8-9-26(47-33(36)37)28(14-21)45-18-19-6-7-19;23-15-9-27-10-16(24)14(15)8-18(31-21(29)20-28-5-6-33-20)13-3-4-17(32-22(25)26)19(7-13)30-11-12-1-2-12;1-14(2)13(15)11-5-3-4-10(8-11)9-12-16-6-7-17-12;1-12(2)11(15)9-5-3-4-8(6-9)7-10(13)14;12-8-15-10-3-1-2-9(6-10)7-11-13-4-5-14-11;;;/h3-5,8-9,12,14,16-17,19,27,31,33H,6-7,10-11,13,15,18H2,1-2H3;3-4,7,9-10,12,18,20,22,28H,1-2,5-6,8,11H2;3-5,8,12H,6-7,9H2,1-2H3;3-6H,7H2,1-2H3,(H,13,14);1-3,6,8,11H,4-5,7H2;1H4;1H;1H2/t27-,31-;18-,20-;;;;;;/m00....../s1. The van der Waals surface area contributed by atoms with E-state index in [1.807, 2.05) is 36.4 Å². The zero-order valence-electron chi connectivity index (χ0n) is 71.5. The molecule has 4 atom stereocenters. The van der Waals surface area contributed by atoms with Crippen LogP contribution in [0.3, 0.4) is 0 Å². The van der Waals surface area contributed by atoms with Crippen molar-refractivity contribution in [1.29, 1.82) is 0 Å². The van der Waals surface area contributed by atoms with E-state index in [9.17, 15) is 61.1 Å². The lowest BCUT2D eigenvalue weighted by Crippen LogP contribution is -2.41. The molecule has 4 saturated heterocycles. The average molecular weight is 1970 g/mol. The Labute approximate surface area is 790 Å². The number of ether oxygens (including phenoxy) is 11. The number of pyridine rings is 2. The summed E-state index contributed by atoms with van der Waals surface area (Å²) in [5.74, 6) is -0.174. The Morgan fingerprint density at radius 2 is 1.00 bits per heavy atom. The molecule has 6 heterocycles. The summed E-state index contributed by atoms with van der Waals surface area (Å²) < 4.78 is 112. The second kappa shape index (κ2) is 53.6. The third-order valence-corrected chi connectivity index (χ3v) is 23.5. The van der Waals surface area contributed by atoms with Gasteiger partial charge in [0.15, 0.2) is 71.1 Å². The number of nitrogens with zero attached hydrogens (tertiary/aromatic N) is 5. The molecule has 4 aliphatic heterocycles. The number of carbonyl (C=O) groups is 8. The first-order valence-electron chi connectivity index (χ1n) is 40.7. The molecular formula is C91H104Cl5F4N7O22S2. The molecule has 8 aromatic rings. The summed E-state index contributed by atoms with van der Waals surface area (Å²) in [7, 11) is 10.1. The topological polar surface area (TPSA) is 354 Å². The molecule has 2 saturated carbocycles. The van der Waals surface area contributed by atoms with Crippen LogP contribution < -0.4 is 38.7 Å². The third kappa shape index (κ3) is 34.5. The molecule has 0 bridgehead atoms. The number of aromatic nitrogens is 2. The lowest BCUT2D eigenvalue weighted by atomic mass is 10.0. The van der Waals surface area contributed by atoms with Crippen LogP contribution in [0.5, 0.6) is 28.7 Å². The van der Waals surface area contributed by atoms with E-state index in [1.165, 1.54) is 62.5 Å². The molecule has 14 rings (SSSR count). The van der Waals surface area contributed by atoms with Gasteiger partial charge in [0, 0.05) is 120 Å². The van der Waals surface area contributed by atoms with Gasteiger partial charge >= 0.3 is 31.1 Å².